The van der Waals surface area contributed by atoms with Crippen LogP contribution in [0.1, 0.15) is 47.0 Å². The van der Waals surface area contributed by atoms with Gasteiger partial charge in [0.15, 0.2) is 0 Å². The van der Waals surface area contributed by atoms with Gasteiger partial charge in [0.2, 0.25) is 0 Å². The lowest BCUT2D eigenvalue weighted by Gasteiger charge is -2.13. The predicted molar refractivity (Wildman–Crippen MR) is 58.6 cm³/mol. The Kier molecular flexibility index (Phi) is 6.38. The van der Waals surface area contributed by atoms with Gasteiger partial charge in [-0.3, -0.25) is 0 Å². The maximum absolute atomic E-state index is 5.62. The van der Waals surface area contributed by atoms with E-state index in [2.05, 4.69) is 20.4 Å². The van der Waals surface area contributed by atoms with Crippen LogP contribution in [0.3, 0.4) is 0 Å². The molecule has 0 saturated carbocycles. The minimum atomic E-state index is 0.240. The smallest absolute Gasteiger partial charge is 0.118 e. The fourth-order valence-electron chi connectivity index (χ4n) is 1.14. The summed E-state index contributed by atoms with van der Waals surface area (Å²) in [5.74, 6) is 0.962. The van der Waals surface area contributed by atoms with Crippen molar-refractivity contribution in [2.75, 3.05) is 0 Å². The third-order valence-electron chi connectivity index (χ3n) is 1.87. The Morgan fingerprint density at radius 3 is 2.46 bits per heavy atom. The Balaban J connectivity index is 4.21. The molecule has 0 aliphatic heterocycles. The molecular formula is C12H22O. The highest BCUT2D eigenvalue weighted by Gasteiger charge is 2.01. The molecule has 0 aromatic rings. The maximum Gasteiger partial charge on any atom is 0.118 e. The van der Waals surface area contributed by atoms with Gasteiger partial charge in [0.05, 0.1) is 6.10 Å². The molecule has 0 saturated heterocycles. The lowest BCUT2D eigenvalue weighted by molar-refractivity contribution is 0.154. The molecular weight excluding hydrogens is 160 g/mol. The van der Waals surface area contributed by atoms with Crippen LogP contribution in [0.5, 0.6) is 0 Å². The Labute approximate surface area is 82.5 Å². The molecule has 0 N–H and O–H groups in total. The first-order chi connectivity index (χ1) is 6.11. The summed E-state index contributed by atoms with van der Waals surface area (Å²) in [7, 11) is 0. The van der Waals surface area contributed by atoms with Gasteiger partial charge in [0.1, 0.15) is 5.76 Å². The van der Waals surface area contributed by atoms with Crippen molar-refractivity contribution in [3.63, 3.8) is 0 Å². The molecule has 0 aliphatic rings. The molecule has 0 rings (SSSR count). The Hall–Kier alpha value is -0.720. The van der Waals surface area contributed by atoms with Gasteiger partial charge in [-0.15, -0.1) is 0 Å². The van der Waals surface area contributed by atoms with Crippen LogP contribution >= 0.6 is 0 Å². The van der Waals surface area contributed by atoms with Crippen LogP contribution in [0.15, 0.2) is 24.0 Å². The molecule has 0 aromatic heterocycles. The second-order valence-corrected chi connectivity index (χ2v) is 3.62. The minimum absolute atomic E-state index is 0.240. The van der Waals surface area contributed by atoms with E-state index in [4.69, 9.17) is 4.74 Å². The van der Waals surface area contributed by atoms with Gasteiger partial charge in [-0.05, 0) is 45.3 Å². The van der Waals surface area contributed by atoms with E-state index in [1.165, 1.54) is 18.4 Å². The average Bonchev–Trinajstić information content (AvgIpc) is 2.09. The number of allylic oxidation sites excluding steroid dienone is 2. The monoisotopic (exact) mass is 182 g/mol. The summed E-state index contributed by atoms with van der Waals surface area (Å²) in [4.78, 5) is 0. The molecule has 0 aromatic carbocycles. The number of hydrogen-bond donors (Lipinski definition) is 0. The molecule has 0 bridgehead atoms. The van der Waals surface area contributed by atoms with Gasteiger partial charge in [-0.25, -0.2) is 0 Å². The van der Waals surface area contributed by atoms with Gasteiger partial charge < -0.3 is 4.74 Å². The van der Waals surface area contributed by atoms with Crippen LogP contribution in [-0.4, -0.2) is 6.10 Å². The zero-order chi connectivity index (χ0) is 10.3. The summed E-state index contributed by atoms with van der Waals surface area (Å²) in [5, 5.41) is 0. The molecule has 0 aliphatic carbocycles. The molecule has 13 heavy (non-hydrogen) atoms. The summed E-state index contributed by atoms with van der Waals surface area (Å²) >= 11 is 0. The third kappa shape index (κ3) is 5.51. The molecule has 0 spiro atoms. The van der Waals surface area contributed by atoms with Crippen LogP contribution < -0.4 is 0 Å². The van der Waals surface area contributed by atoms with Crippen molar-refractivity contribution in [1.82, 2.24) is 0 Å². The predicted octanol–water partition coefficient (Wildman–Crippen LogP) is 4.06. The molecule has 0 fully saturated rings. The van der Waals surface area contributed by atoms with E-state index in [0.717, 1.165) is 12.2 Å². The number of unbranched alkanes of at least 4 members (excludes halogenated alkanes) is 1. The Morgan fingerprint density at radius 1 is 1.46 bits per heavy atom. The Bertz CT molecular complexity index is 178. The topological polar surface area (TPSA) is 9.23 Å². The van der Waals surface area contributed by atoms with E-state index < -0.39 is 0 Å². The number of hydrogen-bond acceptors (Lipinski definition) is 1. The quantitative estimate of drug-likeness (QED) is 0.444. The van der Waals surface area contributed by atoms with Crippen LogP contribution in [0.4, 0.5) is 0 Å². The molecule has 0 radical (unpaired) electrons. The second-order valence-electron chi connectivity index (χ2n) is 3.62. The van der Waals surface area contributed by atoms with Crippen molar-refractivity contribution in [1.29, 1.82) is 0 Å². The van der Waals surface area contributed by atoms with E-state index in [-0.39, 0.29) is 6.10 Å². The fraction of sp³-hybridized carbons (Fsp3) is 0.667. The van der Waals surface area contributed by atoms with Crippen LogP contribution in [-0.2, 0) is 4.74 Å². The molecule has 0 atom stereocenters. The first-order valence-electron chi connectivity index (χ1n) is 5.10. The standard InChI is InChI=1S/C12H22O/c1-6-8-9-11(5)12(7-2)13-10(3)4/h7,10H,2,6,8-9H2,1,3-5H3/b12-11+. The molecule has 0 unspecified atom stereocenters. The first-order valence-corrected chi connectivity index (χ1v) is 5.10. The van der Waals surface area contributed by atoms with Crippen LogP contribution in [0.25, 0.3) is 0 Å². The van der Waals surface area contributed by atoms with Gasteiger partial charge in [-0.1, -0.05) is 19.9 Å². The van der Waals surface area contributed by atoms with Gasteiger partial charge in [0.25, 0.3) is 0 Å². The summed E-state index contributed by atoms with van der Waals surface area (Å²) in [6.45, 7) is 12.2. The Morgan fingerprint density at radius 2 is 2.08 bits per heavy atom. The summed E-state index contributed by atoms with van der Waals surface area (Å²) in [6.07, 6.45) is 5.62. The third-order valence-corrected chi connectivity index (χ3v) is 1.87. The van der Waals surface area contributed by atoms with Crippen molar-refractivity contribution in [3.8, 4) is 0 Å². The minimum Gasteiger partial charge on any atom is -0.491 e. The second kappa shape index (κ2) is 6.76. The zero-order valence-corrected chi connectivity index (χ0v) is 9.39. The SMILES string of the molecule is C=C/C(OC(C)C)=C(/C)CCCC. The van der Waals surface area contributed by atoms with Crippen LogP contribution in [0.2, 0.25) is 0 Å². The lowest BCUT2D eigenvalue weighted by Crippen LogP contribution is -2.02. The number of rotatable bonds is 6. The average molecular weight is 182 g/mol. The highest BCUT2D eigenvalue weighted by Crippen LogP contribution is 2.15. The van der Waals surface area contributed by atoms with Crippen LogP contribution in [0, 0.1) is 0 Å². The maximum atomic E-state index is 5.62. The summed E-state index contributed by atoms with van der Waals surface area (Å²) < 4.78 is 5.62. The summed E-state index contributed by atoms with van der Waals surface area (Å²) in [5.41, 5.74) is 1.31. The normalized spacial score (nSPS) is 12.7. The fourth-order valence-corrected chi connectivity index (χ4v) is 1.14. The van der Waals surface area contributed by atoms with Crippen molar-refractivity contribution in [3.05, 3.63) is 24.0 Å². The van der Waals surface area contributed by atoms with E-state index in [1.807, 2.05) is 19.9 Å². The van der Waals surface area contributed by atoms with E-state index >= 15 is 0 Å². The molecule has 1 heteroatoms. The highest BCUT2D eigenvalue weighted by molar-refractivity contribution is 5.16. The van der Waals surface area contributed by atoms with E-state index in [0.29, 0.717) is 0 Å². The molecule has 0 heterocycles. The highest BCUT2D eigenvalue weighted by atomic mass is 16.5. The molecule has 0 amide bonds. The lowest BCUT2D eigenvalue weighted by atomic mass is 10.1. The van der Waals surface area contributed by atoms with Crippen molar-refractivity contribution < 1.29 is 4.74 Å². The zero-order valence-electron chi connectivity index (χ0n) is 9.39. The van der Waals surface area contributed by atoms with E-state index in [9.17, 15) is 0 Å². The van der Waals surface area contributed by atoms with Gasteiger partial charge >= 0.3 is 0 Å². The molecule has 1 nitrogen and oxygen atoms in total. The van der Waals surface area contributed by atoms with E-state index in [1.54, 1.807) is 0 Å². The van der Waals surface area contributed by atoms with Crippen molar-refractivity contribution in [2.24, 2.45) is 0 Å². The van der Waals surface area contributed by atoms with Gasteiger partial charge in [-0.2, -0.15) is 0 Å². The van der Waals surface area contributed by atoms with Crippen molar-refractivity contribution >= 4 is 0 Å². The summed E-state index contributed by atoms with van der Waals surface area (Å²) in [6, 6.07) is 0. The first kappa shape index (κ1) is 12.3. The largest absolute Gasteiger partial charge is 0.491 e. The number of ether oxygens (including phenoxy) is 1. The van der Waals surface area contributed by atoms with Crippen molar-refractivity contribution in [2.45, 2.75) is 53.1 Å². The van der Waals surface area contributed by atoms with Gasteiger partial charge in [0, 0.05) is 0 Å². The molecule has 76 valence electrons.